The lowest BCUT2D eigenvalue weighted by molar-refractivity contribution is 0.0962. The predicted molar refractivity (Wildman–Crippen MR) is 54.6 cm³/mol. The van der Waals surface area contributed by atoms with Gasteiger partial charge in [0.25, 0.3) is 0 Å². The topological polar surface area (TPSA) is 92.5 Å². The van der Waals surface area contributed by atoms with Crippen molar-refractivity contribution < 1.29 is 10.2 Å². The first-order valence-corrected chi connectivity index (χ1v) is 3.59. The van der Waals surface area contributed by atoms with Gasteiger partial charge in [0.1, 0.15) is 6.10 Å². The predicted octanol–water partition coefficient (Wildman–Crippen LogP) is 0.299. The minimum absolute atomic E-state index is 0. The lowest BCUT2D eigenvalue weighted by Gasteiger charge is -2.10. The van der Waals surface area contributed by atoms with Crippen LogP contribution in [-0.4, -0.2) is 16.8 Å². The second kappa shape index (κ2) is 4.91. The minimum atomic E-state index is -0.925. The first kappa shape index (κ1) is 12.0. The van der Waals surface area contributed by atoms with Crippen molar-refractivity contribution in [2.24, 2.45) is 0 Å². The Morgan fingerprint density at radius 3 is 2.38 bits per heavy atom. The van der Waals surface area contributed by atoms with Crippen LogP contribution in [0.3, 0.4) is 0 Å². The number of hydrogen-bond donors (Lipinski definition) is 4. The van der Waals surface area contributed by atoms with Gasteiger partial charge in [-0.05, 0) is 12.1 Å². The van der Waals surface area contributed by atoms with Gasteiger partial charge in [-0.3, -0.25) is 0 Å². The van der Waals surface area contributed by atoms with Gasteiger partial charge in [0.15, 0.2) is 0 Å². The van der Waals surface area contributed by atoms with Crippen LogP contribution in [0.25, 0.3) is 0 Å². The van der Waals surface area contributed by atoms with Crippen LogP contribution in [0, 0.1) is 0 Å². The molecule has 5 heteroatoms. The van der Waals surface area contributed by atoms with Gasteiger partial charge in [-0.2, -0.15) is 0 Å². The molecule has 0 radical (unpaired) electrons. The number of halogens is 1. The van der Waals surface area contributed by atoms with Crippen molar-refractivity contribution in [3.63, 3.8) is 0 Å². The van der Waals surface area contributed by atoms with Crippen LogP contribution in [-0.2, 0) is 0 Å². The summed E-state index contributed by atoms with van der Waals surface area (Å²) in [5.74, 6) is 0. The standard InChI is InChI=1S/C8H12N2O2.ClH/c9-5-1-2-6(7(10)3-5)8(12)4-11;/h1-3,8,11-12H,4,9-10H2;1H. The second-order valence-electron chi connectivity index (χ2n) is 2.59. The molecular weight excluding hydrogens is 192 g/mol. The molecule has 74 valence electrons. The summed E-state index contributed by atoms with van der Waals surface area (Å²) >= 11 is 0. The van der Waals surface area contributed by atoms with Crippen molar-refractivity contribution >= 4 is 23.8 Å². The molecule has 0 aliphatic carbocycles. The van der Waals surface area contributed by atoms with E-state index in [4.69, 9.17) is 16.6 Å². The maximum absolute atomic E-state index is 9.23. The zero-order valence-electron chi connectivity index (χ0n) is 6.97. The maximum Gasteiger partial charge on any atom is 0.104 e. The van der Waals surface area contributed by atoms with Crippen LogP contribution in [0.2, 0.25) is 0 Å². The normalized spacial score (nSPS) is 11.8. The highest BCUT2D eigenvalue weighted by molar-refractivity contribution is 5.85. The van der Waals surface area contributed by atoms with Crippen molar-refractivity contribution in [2.45, 2.75) is 6.10 Å². The molecular formula is C8H13ClN2O2. The van der Waals surface area contributed by atoms with Gasteiger partial charge in [-0.15, -0.1) is 12.4 Å². The number of nitrogen functional groups attached to an aromatic ring is 2. The van der Waals surface area contributed by atoms with E-state index in [1.807, 2.05) is 0 Å². The summed E-state index contributed by atoms with van der Waals surface area (Å²) in [5.41, 5.74) is 12.4. The molecule has 1 atom stereocenters. The van der Waals surface area contributed by atoms with E-state index in [9.17, 15) is 5.11 Å². The number of anilines is 2. The smallest absolute Gasteiger partial charge is 0.104 e. The molecule has 0 aromatic heterocycles. The fourth-order valence-electron chi connectivity index (χ4n) is 0.995. The van der Waals surface area contributed by atoms with Crippen LogP contribution in [0.4, 0.5) is 11.4 Å². The molecule has 1 aromatic rings. The highest BCUT2D eigenvalue weighted by Crippen LogP contribution is 2.21. The Kier molecular flexibility index (Phi) is 4.55. The van der Waals surface area contributed by atoms with Crippen molar-refractivity contribution in [2.75, 3.05) is 18.1 Å². The maximum atomic E-state index is 9.23. The van der Waals surface area contributed by atoms with Gasteiger partial charge in [0.05, 0.1) is 6.61 Å². The average Bonchev–Trinajstić information content (AvgIpc) is 2.03. The van der Waals surface area contributed by atoms with E-state index < -0.39 is 6.10 Å². The van der Waals surface area contributed by atoms with Gasteiger partial charge >= 0.3 is 0 Å². The Bertz CT molecular complexity index is 281. The molecule has 6 N–H and O–H groups in total. The Morgan fingerprint density at radius 1 is 1.31 bits per heavy atom. The molecule has 1 unspecified atom stereocenters. The fraction of sp³-hybridized carbons (Fsp3) is 0.250. The molecule has 0 saturated carbocycles. The summed E-state index contributed by atoms with van der Waals surface area (Å²) in [6.45, 7) is -0.339. The molecule has 0 amide bonds. The fourth-order valence-corrected chi connectivity index (χ4v) is 0.995. The van der Waals surface area contributed by atoms with E-state index in [-0.39, 0.29) is 19.0 Å². The van der Waals surface area contributed by atoms with E-state index >= 15 is 0 Å². The second-order valence-corrected chi connectivity index (χ2v) is 2.59. The highest BCUT2D eigenvalue weighted by atomic mass is 35.5. The molecule has 0 heterocycles. The zero-order valence-corrected chi connectivity index (χ0v) is 7.79. The van der Waals surface area contributed by atoms with Gasteiger partial charge in [-0.1, -0.05) is 6.07 Å². The summed E-state index contributed by atoms with van der Waals surface area (Å²) in [6, 6.07) is 4.78. The van der Waals surface area contributed by atoms with Crippen molar-refractivity contribution in [3.05, 3.63) is 23.8 Å². The lowest BCUT2D eigenvalue weighted by atomic mass is 10.1. The first-order valence-electron chi connectivity index (χ1n) is 3.59. The van der Waals surface area contributed by atoms with E-state index in [0.29, 0.717) is 16.9 Å². The quantitative estimate of drug-likeness (QED) is 0.522. The number of benzene rings is 1. The van der Waals surface area contributed by atoms with Crippen LogP contribution in [0.15, 0.2) is 18.2 Å². The Hall–Kier alpha value is -0.970. The highest BCUT2D eigenvalue weighted by Gasteiger charge is 2.08. The largest absolute Gasteiger partial charge is 0.399 e. The molecule has 4 nitrogen and oxygen atoms in total. The number of aliphatic hydroxyl groups is 2. The number of aliphatic hydroxyl groups excluding tert-OH is 2. The van der Waals surface area contributed by atoms with Gasteiger partial charge in [0.2, 0.25) is 0 Å². The average molecular weight is 205 g/mol. The van der Waals surface area contributed by atoms with Gasteiger partial charge in [0, 0.05) is 16.9 Å². The van der Waals surface area contributed by atoms with Crippen LogP contribution in [0.5, 0.6) is 0 Å². The van der Waals surface area contributed by atoms with Crippen LogP contribution >= 0.6 is 12.4 Å². The monoisotopic (exact) mass is 204 g/mol. The summed E-state index contributed by atoms with van der Waals surface area (Å²) in [7, 11) is 0. The number of nitrogens with two attached hydrogens (primary N) is 2. The molecule has 0 fully saturated rings. The third-order valence-corrected chi connectivity index (χ3v) is 1.64. The van der Waals surface area contributed by atoms with Crippen LogP contribution < -0.4 is 11.5 Å². The van der Waals surface area contributed by atoms with E-state index in [0.717, 1.165) is 0 Å². The van der Waals surface area contributed by atoms with Crippen molar-refractivity contribution in [1.82, 2.24) is 0 Å². The summed E-state index contributed by atoms with van der Waals surface area (Å²) in [5, 5.41) is 17.9. The number of hydrogen-bond acceptors (Lipinski definition) is 4. The molecule has 1 rings (SSSR count). The molecule has 0 spiro atoms. The van der Waals surface area contributed by atoms with E-state index in [1.54, 1.807) is 18.2 Å². The zero-order chi connectivity index (χ0) is 9.14. The Morgan fingerprint density at radius 2 is 1.92 bits per heavy atom. The Balaban J connectivity index is 0.00000144. The van der Waals surface area contributed by atoms with Crippen molar-refractivity contribution in [1.29, 1.82) is 0 Å². The molecule has 13 heavy (non-hydrogen) atoms. The summed E-state index contributed by atoms with van der Waals surface area (Å²) in [6.07, 6.45) is -0.925. The van der Waals surface area contributed by atoms with Crippen LogP contribution in [0.1, 0.15) is 11.7 Å². The lowest BCUT2D eigenvalue weighted by Crippen LogP contribution is -2.06. The van der Waals surface area contributed by atoms with E-state index in [1.165, 1.54) is 0 Å². The first-order chi connectivity index (χ1) is 5.65. The molecule has 1 aromatic carbocycles. The van der Waals surface area contributed by atoms with Gasteiger partial charge in [-0.25, -0.2) is 0 Å². The summed E-state index contributed by atoms with van der Waals surface area (Å²) < 4.78 is 0. The third-order valence-electron chi connectivity index (χ3n) is 1.64. The third kappa shape index (κ3) is 2.77. The SMILES string of the molecule is Cl.Nc1ccc(C(O)CO)c(N)c1. The molecule has 0 saturated heterocycles. The van der Waals surface area contributed by atoms with Gasteiger partial charge < -0.3 is 21.7 Å². The molecule has 0 bridgehead atoms. The molecule has 0 aliphatic rings. The van der Waals surface area contributed by atoms with E-state index in [2.05, 4.69) is 0 Å². The number of rotatable bonds is 2. The minimum Gasteiger partial charge on any atom is -0.399 e. The van der Waals surface area contributed by atoms with Crippen molar-refractivity contribution in [3.8, 4) is 0 Å². The Labute approximate surface area is 82.6 Å². The molecule has 0 aliphatic heterocycles. The summed E-state index contributed by atoms with van der Waals surface area (Å²) in [4.78, 5) is 0.